The summed E-state index contributed by atoms with van der Waals surface area (Å²) in [5.74, 6) is 1.34. The highest BCUT2D eigenvalue weighted by Gasteiger charge is 2.02. The van der Waals surface area contributed by atoms with Gasteiger partial charge in [0.05, 0.1) is 6.61 Å². The van der Waals surface area contributed by atoms with Crippen LogP contribution in [0.15, 0.2) is 12.4 Å². The van der Waals surface area contributed by atoms with Crippen molar-refractivity contribution in [3.8, 4) is 5.88 Å². The third kappa shape index (κ3) is 4.12. The molecular weight excluding hydrogens is 192 g/mol. The van der Waals surface area contributed by atoms with E-state index < -0.39 is 0 Å². The Morgan fingerprint density at radius 1 is 1.53 bits per heavy atom. The Kier molecular flexibility index (Phi) is 4.83. The van der Waals surface area contributed by atoms with Crippen LogP contribution in [0.3, 0.4) is 0 Å². The summed E-state index contributed by atoms with van der Waals surface area (Å²) in [6.45, 7) is 5.28. The average molecular weight is 210 g/mol. The smallest absolute Gasteiger partial charge is 0.218 e. The molecule has 0 aliphatic carbocycles. The van der Waals surface area contributed by atoms with Gasteiger partial charge in [0.2, 0.25) is 5.88 Å². The first-order valence-corrected chi connectivity index (χ1v) is 5.17. The molecule has 5 nitrogen and oxygen atoms in total. The maximum Gasteiger partial charge on any atom is 0.218 e. The van der Waals surface area contributed by atoms with Crippen LogP contribution in [0.2, 0.25) is 0 Å². The lowest BCUT2D eigenvalue weighted by atomic mass is 10.3. The second kappa shape index (κ2) is 6.19. The fraction of sp³-hybridized carbons (Fsp3) is 0.600. The zero-order valence-corrected chi connectivity index (χ0v) is 9.23. The third-order valence-electron chi connectivity index (χ3n) is 1.84. The Balaban J connectivity index is 2.57. The summed E-state index contributed by atoms with van der Waals surface area (Å²) in [5, 5.41) is 3.15. The van der Waals surface area contributed by atoms with Gasteiger partial charge in [0.25, 0.3) is 0 Å². The number of hydrogen-bond donors (Lipinski definition) is 2. The molecule has 0 spiro atoms. The zero-order chi connectivity index (χ0) is 11.1. The van der Waals surface area contributed by atoms with Crippen molar-refractivity contribution in [1.82, 2.24) is 9.97 Å². The topological polar surface area (TPSA) is 73.1 Å². The Morgan fingerprint density at radius 2 is 2.33 bits per heavy atom. The zero-order valence-electron chi connectivity index (χ0n) is 9.23. The van der Waals surface area contributed by atoms with Gasteiger partial charge >= 0.3 is 0 Å². The standard InChI is InChI=1S/C10H18N4O/c1-3-4-15-10-5-9(12-7-13-10)14-8(2)6-11/h5,7-8H,3-4,6,11H2,1-2H3,(H,12,13,14). The van der Waals surface area contributed by atoms with E-state index >= 15 is 0 Å². The molecule has 0 bridgehead atoms. The van der Waals surface area contributed by atoms with Gasteiger partial charge in [-0.05, 0) is 13.3 Å². The molecule has 0 saturated heterocycles. The molecule has 0 amide bonds. The van der Waals surface area contributed by atoms with E-state index in [2.05, 4.69) is 22.2 Å². The molecule has 0 radical (unpaired) electrons. The molecule has 5 heteroatoms. The molecule has 1 unspecified atom stereocenters. The van der Waals surface area contributed by atoms with E-state index in [0.717, 1.165) is 12.2 Å². The van der Waals surface area contributed by atoms with Gasteiger partial charge in [-0.15, -0.1) is 0 Å². The van der Waals surface area contributed by atoms with Crippen LogP contribution in [-0.2, 0) is 0 Å². The maximum atomic E-state index is 5.50. The van der Waals surface area contributed by atoms with Gasteiger partial charge < -0.3 is 15.8 Å². The van der Waals surface area contributed by atoms with Crippen LogP contribution in [0.25, 0.3) is 0 Å². The molecule has 1 rings (SSSR count). The lowest BCUT2D eigenvalue weighted by molar-refractivity contribution is 0.305. The van der Waals surface area contributed by atoms with E-state index in [1.165, 1.54) is 6.33 Å². The van der Waals surface area contributed by atoms with Crippen LogP contribution in [0.4, 0.5) is 5.82 Å². The van der Waals surface area contributed by atoms with E-state index in [0.29, 0.717) is 19.0 Å². The van der Waals surface area contributed by atoms with Gasteiger partial charge in [-0.1, -0.05) is 6.92 Å². The summed E-state index contributed by atoms with van der Waals surface area (Å²) in [6.07, 6.45) is 2.45. The van der Waals surface area contributed by atoms with Crippen molar-refractivity contribution < 1.29 is 4.74 Å². The summed E-state index contributed by atoms with van der Waals surface area (Å²) in [7, 11) is 0. The summed E-state index contributed by atoms with van der Waals surface area (Å²) in [5.41, 5.74) is 5.50. The number of rotatable bonds is 6. The Hall–Kier alpha value is -1.36. The fourth-order valence-electron chi connectivity index (χ4n) is 1.02. The minimum absolute atomic E-state index is 0.193. The monoisotopic (exact) mass is 210 g/mol. The van der Waals surface area contributed by atoms with Crippen molar-refractivity contribution in [3.05, 3.63) is 12.4 Å². The number of nitrogens with two attached hydrogens (primary N) is 1. The molecule has 0 fully saturated rings. The Morgan fingerprint density at radius 3 is 3.00 bits per heavy atom. The molecule has 3 N–H and O–H groups in total. The van der Waals surface area contributed by atoms with Gasteiger partial charge in [0.1, 0.15) is 12.1 Å². The van der Waals surface area contributed by atoms with Crippen LogP contribution in [-0.4, -0.2) is 29.2 Å². The van der Waals surface area contributed by atoms with Crippen molar-refractivity contribution in [2.24, 2.45) is 5.73 Å². The molecule has 0 aliphatic rings. The largest absolute Gasteiger partial charge is 0.478 e. The summed E-state index contributed by atoms with van der Waals surface area (Å²) < 4.78 is 5.39. The van der Waals surface area contributed by atoms with Gasteiger partial charge in [0.15, 0.2) is 0 Å². The number of ether oxygens (including phenoxy) is 1. The SMILES string of the molecule is CCCOc1cc(NC(C)CN)ncn1. The van der Waals surface area contributed by atoms with E-state index in [1.807, 2.05) is 6.92 Å². The van der Waals surface area contributed by atoms with Crippen molar-refractivity contribution >= 4 is 5.82 Å². The maximum absolute atomic E-state index is 5.50. The molecule has 1 aromatic heterocycles. The minimum atomic E-state index is 0.193. The average Bonchev–Trinajstić information content (AvgIpc) is 2.26. The highest BCUT2D eigenvalue weighted by atomic mass is 16.5. The third-order valence-corrected chi connectivity index (χ3v) is 1.84. The quantitative estimate of drug-likeness (QED) is 0.733. The van der Waals surface area contributed by atoms with E-state index in [4.69, 9.17) is 10.5 Å². The molecule has 1 aromatic rings. The summed E-state index contributed by atoms with van der Waals surface area (Å²) in [4.78, 5) is 8.08. The molecule has 0 aliphatic heterocycles. The molecule has 0 saturated carbocycles. The molecule has 15 heavy (non-hydrogen) atoms. The van der Waals surface area contributed by atoms with Gasteiger partial charge in [-0.2, -0.15) is 0 Å². The van der Waals surface area contributed by atoms with Gasteiger partial charge in [-0.3, -0.25) is 0 Å². The van der Waals surface area contributed by atoms with E-state index in [9.17, 15) is 0 Å². The highest BCUT2D eigenvalue weighted by Crippen LogP contribution is 2.11. The van der Waals surface area contributed by atoms with E-state index in [1.54, 1.807) is 6.07 Å². The lowest BCUT2D eigenvalue weighted by Crippen LogP contribution is -2.25. The number of nitrogens with zero attached hydrogens (tertiary/aromatic N) is 2. The first-order chi connectivity index (χ1) is 7.26. The van der Waals surface area contributed by atoms with Crippen molar-refractivity contribution in [3.63, 3.8) is 0 Å². The fourth-order valence-corrected chi connectivity index (χ4v) is 1.02. The Bertz CT molecular complexity index is 293. The summed E-state index contributed by atoms with van der Waals surface area (Å²) in [6, 6.07) is 1.97. The number of hydrogen-bond acceptors (Lipinski definition) is 5. The summed E-state index contributed by atoms with van der Waals surface area (Å²) >= 11 is 0. The molecular formula is C10H18N4O. The van der Waals surface area contributed by atoms with Crippen molar-refractivity contribution in [1.29, 1.82) is 0 Å². The number of nitrogens with one attached hydrogen (secondary N) is 1. The first kappa shape index (κ1) is 11.7. The molecule has 0 aromatic carbocycles. The van der Waals surface area contributed by atoms with E-state index in [-0.39, 0.29) is 6.04 Å². The number of aromatic nitrogens is 2. The number of anilines is 1. The van der Waals surface area contributed by atoms with Crippen molar-refractivity contribution in [2.75, 3.05) is 18.5 Å². The van der Waals surface area contributed by atoms with Crippen LogP contribution in [0.1, 0.15) is 20.3 Å². The first-order valence-electron chi connectivity index (χ1n) is 5.17. The van der Waals surface area contributed by atoms with Crippen LogP contribution in [0.5, 0.6) is 5.88 Å². The highest BCUT2D eigenvalue weighted by molar-refractivity contribution is 5.37. The molecule has 1 heterocycles. The second-order valence-corrected chi connectivity index (χ2v) is 3.37. The normalized spacial score (nSPS) is 12.2. The van der Waals surface area contributed by atoms with Crippen molar-refractivity contribution in [2.45, 2.75) is 26.3 Å². The predicted octanol–water partition coefficient (Wildman–Crippen LogP) is 1.02. The van der Waals surface area contributed by atoms with Gasteiger partial charge in [0, 0.05) is 18.7 Å². The Labute approximate surface area is 90.1 Å². The predicted molar refractivity (Wildman–Crippen MR) is 60.0 cm³/mol. The molecule has 84 valence electrons. The second-order valence-electron chi connectivity index (χ2n) is 3.37. The minimum Gasteiger partial charge on any atom is -0.478 e. The molecule has 1 atom stereocenters. The van der Waals surface area contributed by atoms with Crippen LogP contribution >= 0.6 is 0 Å². The lowest BCUT2D eigenvalue weighted by Gasteiger charge is -2.12. The van der Waals surface area contributed by atoms with Crippen LogP contribution < -0.4 is 15.8 Å². The van der Waals surface area contributed by atoms with Crippen LogP contribution in [0, 0.1) is 0 Å². The van der Waals surface area contributed by atoms with Gasteiger partial charge in [-0.25, -0.2) is 9.97 Å².